The van der Waals surface area contributed by atoms with Crippen molar-refractivity contribution in [3.05, 3.63) is 0 Å². The SMILES string of the molecule is O=C(O)CONC(=O)N1CCCSCC1. The van der Waals surface area contributed by atoms with E-state index in [0.29, 0.717) is 13.1 Å². The van der Waals surface area contributed by atoms with Crippen molar-refractivity contribution in [3.8, 4) is 0 Å². The van der Waals surface area contributed by atoms with Gasteiger partial charge < -0.3 is 10.0 Å². The second-order valence-corrected chi connectivity index (χ2v) is 4.27. The number of carbonyl (C=O) groups is 2. The lowest BCUT2D eigenvalue weighted by molar-refractivity contribution is -0.144. The molecule has 1 fully saturated rings. The molecule has 6 nitrogen and oxygen atoms in total. The van der Waals surface area contributed by atoms with Crippen LogP contribution in [0.1, 0.15) is 6.42 Å². The zero-order valence-electron chi connectivity index (χ0n) is 8.27. The number of amides is 2. The normalized spacial score (nSPS) is 16.9. The van der Waals surface area contributed by atoms with Crippen LogP contribution in [-0.4, -0.2) is 53.2 Å². The number of carbonyl (C=O) groups excluding carboxylic acids is 1. The summed E-state index contributed by atoms with van der Waals surface area (Å²) in [5, 5.41) is 8.29. The standard InChI is InChI=1S/C8H14N2O4S/c11-7(12)6-14-9-8(13)10-2-1-4-15-5-3-10/h1-6H2,(H,9,13)(H,11,12). The molecule has 0 atom stereocenters. The molecule has 2 amide bonds. The van der Waals surface area contributed by atoms with Gasteiger partial charge in [-0.25, -0.2) is 15.1 Å². The van der Waals surface area contributed by atoms with Gasteiger partial charge in [-0.3, -0.25) is 4.84 Å². The Labute approximate surface area is 91.9 Å². The lowest BCUT2D eigenvalue weighted by Crippen LogP contribution is -2.41. The van der Waals surface area contributed by atoms with Crippen LogP contribution in [-0.2, 0) is 9.63 Å². The van der Waals surface area contributed by atoms with Crippen molar-refractivity contribution in [1.29, 1.82) is 0 Å². The van der Waals surface area contributed by atoms with Gasteiger partial charge in [-0.15, -0.1) is 0 Å². The first-order chi connectivity index (χ1) is 7.20. The molecule has 1 aliphatic rings. The first-order valence-corrected chi connectivity index (χ1v) is 5.82. The molecule has 1 heterocycles. The molecule has 0 aliphatic carbocycles. The smallest absolute Gasteiger partial charge is 0.341 e. The molecular formula is C8H14N2O4S. The predicted octanol–water partition coefficient (Wildman–Crippen LogP) is 0.151. The number of aliphatic carboxylic acids is 1. The van der Waals surface area contributed by atoms with E-state index in [4.69, 9.17) is 5.11 Å². The van der Waals surface area contributed by atoms with Crippen LogP contribution >= 0.6 is 11.8 Å². The third-order valence-corrected chi connectivity index (χ3v) is 2.91. The van der Waals surface area contributed by atoms with E-state index in [-0.39, 0.29) is 6.03 Å². The van der Waals surface area contributed by atoms with Crippen LogP contribution in [0.25, 0.3) is 0 Å². The highest BCUT2D eigenvalue weighted by atomic mass is 32.2. The highest BCUT2D eigenvalue weighted by Crippen LogP contribution is 2.09. The Morgan fingerprint density at radius 1 is 1.40 bits per heavy atom. The van der Waals surface area contributed by atoms with Crippen LogP contribution in [0.15, 0.2) is 0 Å². The minimum Gasteiger partial charge on any atom is -0.479 e. The van der Waals surface area contributed by atoms with Crippen molar-refractivity contribution >= 4 is 23.8 Å². The minimum atomic E-state index is -1.11. The van der Waals surface area contributed by atoms with E-state index in [0.717, 1.165) is 17.9 Å². The Kier molecular flexibility index (Phi) is 5.27. The number of rotatable bonds is 3. The van der Waals surface area contributed by atoms with Gasteiger partial charge >= 0.3 is 12.0 Å². The fourth-order valence-corrected chi connectivity index (χ4v) is 2.06. The van der Waals surface area contributed by atoms with Crippen molar-refractivity contribution in [2.75, 3.05) is 31.2 Å². The molecular weight excluding hydrogens is 220 g/mol. The summed E-state index contributed by atoms with van der Waals surface area (Å²) >= 11 is 1.81. The van der Waals surface area contributed by atoms with Crippen LogP contribution in [0, 0.1) is 0 Å². The fraction of sp³-hybridized carbons (Fsp3) is 0.750. The van der Waals surface area contributed by atoms with Gasteiger partial charge in [0.2, 0.25) is 0 Å². The Morgan fingerprint density at radius 3 is 2.93 bits per heavy atom. The van der Waals surface area contributed by atoms with E-state index in [9.17, 15) is 9.59 Å². The predicted molar refractivity (Wildman–Crippen MR) is 55.6 cm³/mol. The van der Waals surface area contributed by atoms with Gasteiger partial charge in [0.1, 0.15) is 0 Å². The highest BCUT2D eigenvalue weighted by Gasteiger charge is 2.15. The van der Waals surface area contributed by atoms with Gasteiger partial charge in [0.15, 0.2) is 6.61 Å². The molecule has 0 aromatic carbocycles. The summed E-state index contributed by atoms with van der Waals surface area (Å²) < 4.78 is 0. The van der Waals surface area contributed by atoms with Crippen LogP contribution < -0.4 is 5.48 Å². The Balaban J connectivity index is 2.22. The first-order valence-electron chi connectivity index (χ1n) is 4.66. The number of carboxylic acids is 1. The summed E-state index contributed by atoms with van der Waals surface area (Å²) in [5.41, 5.74) is 2.11. The van der Waals surface area contributed by atoms with Crippen molar-refractivity contribution in [1.82, 2.24) is 10.4 Å². The van der Waals surface area contributed by atoms with Gasteiger partial charge in [-0.1, -0.05) is 0 Å². The van der Waals surface area contributed by atoms with Crippen LogP contribution in [0.4, 0.5) is 4.79 Å². The van der Waals surface area contributed by atoms with E-state index in [1.165, 1.54) is 0 Å². The summed E-state index contributed by atoms with van der Waals surface area (Å²) in [6.07, 6.45) is 0.955. The number of hydrogen-bond acceptors (Lipinski definition) is 4. The highest BCUT2D eigenvalue weighted by molar-refractivity contribution is 7.99. The number of thioether (sulfide) groups is 1. The van der Waals surface area contributed by atoms with Gasteiger partial charge in [0, 0.05) is 18.8 Å². The van der Waals surface area contributed by atoms with Crippen molar-refractivity contribution < 1.29 is 19.5 Å². The topological polar surface area (TPSA) is 78.9 Å². The lowest BCUT2D eigenvalue weighted by Gasteiger charge is -2.19. The lowest BCUT2D eigenvalue weighted by atomic mass is 10.4. The zero-order chi connectivity index (χ0) is 11.1. The molecule has 7 heteroatoms. The maximum Gasteiger partial charge on any atom is 0.341 e. The second kappa shape index (κ2) is 6.52. The number of hydrogen-bond donors (Lipinski definition) is 2. The van der Waals surface area contributed by atoms with E-state index in [1.54, 1.807) is 4.90 Å². The third kappa shape index (κ3) is 4.89. The van der Waals surface area contributed by atoms with Gasteiger partial charge in [-0.2, -0.15) is 11.8 Å². The summed E-state index contributed by atoms with van der Waals surface area (Å²) in [7, 11) is 0. The molecule has 0 unspecified atom stereocenters. The maximum atomic E-state index is 11.4. The molecule has 0 radical (unpaired) electrons. The first kappa shape index (κ1) is 12.1. The molecule has 2 N–H and O–H groups in total. The monoisotopic (exact) mass is 234 g/mol. The van der Waals surface area contributed by atoms with Gasteiger partial charge in [0.05, 0.1) is 0 Å². The Bertz CT molecular complexity index is 229. The average Bonchev–Trinajstić information content (AvgIpc) is 2.44. The molecule has 1 rings (SSSR count). The van der Waals surface area contributed by atoms with Gasteiger partial charge in [0.25, 0.3) is 0 Å². The molecule has 86 valence electrons. The van der Waals surface area contributed by atoms with Crippen molar-refractivity contribution in [2.45, 2.75) is 6.42 Å². The van der Waals surface area contributed by atoms with E-state index < -0.39 is 12.6 Å². The molecule has 15 heavy (non-hydrogen) atoms. The number of nitrogens with one attached hydrogen (secondary N) is 1. The van der Waals surface area contributed by atoms with Crippen LogP contribution in [0.3, 0.4) is 0 Å². The van der Waals surface area contributed by atoms with E-state index in [2.05, 4.69) is 10.3 Å². The third-order valence-electron chi connectivity index (χ3n) is 1.86. The molecule has 1 saturated heterocycles. The van der Waals surface area contributed by atoms with Crippen LogP contribution in [0.5, 0.6) is 0 Å². The largest absolute Gasteiger partial charge is 0.479 e. The molecule has 0 saturated carbocycles. The summed E-state index contributed by atoms with van der Waals surface area (Å²) in [6.45, 7) is 0.844. The van der Waals surface area contributed by atoms with Gasteiger partial charge in [-0.05, 0) is 12.2 Å². The Hall–Kier alpha value is -0.950. The van der Waals surface area contributed by atoms with E-state index >= 15 is 0 Å². The zero-order valence-corrected chi connectivity index (χ0v) is 9.09. The average molecular weight is 234 g/mol. The second-order valence-electron chi connectivity index (χ2n) is 3.04. The minimum absolute atomic E-state index is 0.362. The molecule has 0 aromatic rings. The summed E-state index contributed by atoms with van der Waals surface area (Å²) in [5.74, 6) is 0.855. The van der Waals surface area contributed by atoms with Crippen molar-refractivity contribution in [3.63, 3.8) is 0 Å². The summed E-state index contributed by atoms with van der Waals surface area (Å²) in [4.78, 5) is 27.7. The number of carboxylic acid groups (broad SMARTS) is 1. The summed E-state index contributed by atoms with van der Waals surface area (Å²) in [6, 6.07) is -0.362. The molecule has 0 bridgehead atoms. The molecule has 1 aliphatic heterocycles. The maximum absolute atomic E-state index is 11.4. The number of hydroxylamine groups is 1. The molecule has 0 spiro atoms. The number of urea groups is 1. The Morgan fingerprint density at radius 2 is 2.20 bits per heavy atom. The quantitative estimate of drug-likeness (QED) is 0.680. The van der Waals surface area contributed by atoms with E-state index in [1.807, 2.05) is 11.8 Å². The van der Waals surface area contributed by atoms with Crippen molar-refractivity contribution in [2.24, 2.45) is 0 Å². The van der Waals surface area contributed by atoms with Crippen LogP contribution in [0.2, 0.25) is 0 Å². The number of nitrogens with zero attached hydrogens (tertiary/aromatic N) is 1. The molecule has 0 aromatic heterocycles. The fourth-order valence-electron chi connectivity index (χ4n) is 1.17.